The summed E-state index contributed by atoms with van der Waals surface area (Å²) < 4.78 is 0. The molecule has 35 heavy (non-hydrogen) atoms. The Morgan fingerprint density at radius 3 is 1.26 bits per heavy atom. The van der Waals surface area contributed by atoms with Gasteiger partial charge in [-0.05, 0) is 98.2 Å². The van der Waals surface area contributed by atoms with E-state index < -0.39 is 0 Å². The summed E-state index contributed by atoms with van der Waals surface area (Å²) in [5.74, 6) is 0.576. The van der Waals surface area contributed by atoms with Gasteiger partial charge in [-0.15, -0.1) is 0 Å². The molecule has 4 aromatic rings. The number of benzene rings is 4. The van der Waals surface area contributed by atoms with E-state index in [-0.39, 0.29) is 16.9 Å². The van der Waals surface area contributed by atoms with Gasteiger partial charge in [0.2, 0.25) is 0 Å². The van der Waals surface area contributed by atoms with Gasteiger partial charge in [0.15, 0.2) is 0 Å². The lowest BCUT2D eigenvalue weighted by Crippen LogP contribution is -2.25. The van der Waals surface area contributed by atoms with E-state index in [1.165, 1.54) is 33.4 Å². The van der Waals surface area contributed by atoms with Crippen molar-refractivity contribution in [3.05, 3.63) is 106 Å². The molecule has 0 bridgehead atoms. The van der Waals surface area contributed by atoms with Gasteiger partial charge in [0.1, 0.15) is 11.5 Å². The first-order valence-corrected chi connectivity index (χ1v) is 12.6. The molecule has 4 aromatic carbocycles. The van der Waals surface area contributed by atoms with Crippen LogP contribution in [0.5, 0.6) is 11.5 Å². The number of hydrogen-bond acceptors (Lipinski definition) is 2. The van der Waals surface area contributed by atoms with Crippen LogP contribution in [0.1, 0.15) is 59.1 Å². The number of aryl methyl sites for hydroxylation is 4. The number of aromatic hydroxyl groups is 2. The third-order valence-corrected chi connectivity index (χ3v) is 7.56. The number of rotatable bonds is 4. The molecule has 2 nitrogen and oxygen atoms in total. The molecule has 0 aromatic heterocycles. The first kappa shape index (κ1) is 23.2. The van der Waals surface area contributed by atoms with E-state index in [0.717, 1.165) is 47.9 Å². The molecule has 5 rings (SSSR count). The minimum atomic E-state index is -0.193. The molecule has 1 saturated carbocycles. The molecule has 0 aliphatic heterocycles. The topological polar surface area (TPSA) is 40.5 Å². The highest BCUT2D eigenvalue weighted by Crippen LogP contribution is 2.53. The molecular weight excluding hydrogens is 428 g/mol. The fourth-order valence-corrected chi connectivity index (χ4v) is 6.30. The molecule has 0 heterocycles. The van der Waals surface area contributed by atoms with Crippen LogP contribution in [-0.4, -0.2) is 10.2 Å². The Morgan fingerprint density at radius 1 is 0.514 bits per heavy atom. The fraction of sp³-hybridized carbons (Fsp3) is 0.273. The van der Waals surface area contributed by atoms with Crippen molar-refractivity contribution in [1.29, 1.82) is 0 Å². The summed E-state index contributed by atoms with van der Waals surface area (Å²) in [6.07, 6.45) is 4.39. The summed E-state index contributed by atoms with van der Waals surface area (Å²) >= 11 is 0. The summed E-state index contributed by atoms with van der Waals surface area (Å²) in [5, 5.41) is 21.1. The Morgan fingerprint density at radius 2 is 0.886 bits per heavy atom. The molecule has 0 spiro atoms. The predicted molar refractivity (Wildman–Crippen MR) is 145 cm³/mol. The van der Waals surface area contributed by atoms with Gasteiger partial charge in [-0.3, -0.25) is 0 Å². The van der Waals surface area contributed by atoms with Crippen molar-refractivity contribution in [2.75, 3.05) is 0 Å². The second-order valence-electron chi connectivity index (χ2n) is 10.5. The molecule has 1 aliphatic rings. The third-order valence-electron chi connectivity index (χ3n) is 7.56. The van der Waals surface area contributed by atoms with Crippen molar-refractivity contribution >= 4 is 0 Å². The number of hydrogen-bond donors (Lipinski definition) is 2. The van der Waals surface area contributed by atoms with Crippen molar-refractivity contribution in [3.63, 3.8) is 0 Å². The highest BCUT2D eigenvalue weighted by Gasteiger charge is 2.41. The molecule has 0 radical (unpaired) electrons. The lowest BCUT2D eigenvalue weighted by Gasteiger charge is -2.35. The van der Waals surface area contributed by atoms with Crippen LogP contribution in [-0.2, 0) is 5.41 Å². The molecule has 0 amide bonds. The van der Waals surface area contributed by atoms with E-state index >= 15 is 0 Å². The minimum absolute atomic E-state index is 0.193. The van der Waals surface area contributed by atoms with Gasteiger partial charge < -0.3 is 10.2 Å². The molecule has 1 aliphatic carbocycles. The van der Waals surface area contributed by atoms with E-state index in [1.54, 1.807) is 0 Å². The zero-order chi connectivity index (χ0) is 24.7. The molecule has 2 heteroatoms. The van der Waals surface area contributed by atoms with Gasteiger partial charge in [-0.25, -0.2) is 0 Å². The van der Waals surface area contributed by atoms with Crippen molar-refractivity contribution in [2.45, 2.75) is 58.8 Å². The Balaban J connectivity index is 1.80. The standard InChI is InChI=1S/C33H34O2/c1-21-13-22(2)16-25(15-21)29-19-27(34)7-9-31(29)33(11-5-6-12-33)32-10-8-28(35)20-30(32)26-17-23(3)14-24(4)18-26/h7-10,13-20,34-35H,5-6,11-12H2,1-4H3. The highest BCUT2D eigenvalue weighted by atomic mass is 16.3. The van der Waals surface area contributed by atoms with E-state index in [9.17, 15) is 10.2 Å². The first-order valence-electron chi connectivity index (χ1n) is 12.6. The summed E-state index contributed by atoms with van der Waals surface area (Å²) in [5.41, 5.74) is 11.7. The van der Waals surface area contributed by atoms with Crippen molar-refractivity contribution in [1.82, 2.24) is 0 Å². The molecule has 0 atom stereocenters. The Labute approximate surface area is 208 Å². The average Bonchev–Trinajstić information content (AvgIpc) is 3.28. The van der Waals surface area contributed by atoms with Gasteiger partial charge >= 0.3 is 0 Å². The maximum Gasteiger partial charge on any atom is 0.116 e. The molecule has 178 valence electrons. The Kier molecular flexibility index (Phi) is 5.92. The van der Waals surface area contributed by atoms with E-state index in [1.807, 2.05) is 24.3 Å². The van der Waals surface area contributed by atoms with Crippen LogP contribution in [0.25, 0.3) is 22.3 Å². The smallest absolute Gasteiger partial charge is 0.116 e. The van der Waals surface area contributed by atoms with Crippen LogP contribution in [0, 0.1) is 27.7 Å². The van der Waals surface area contributed by atoms with Crippen LogP contribution in [0.4, 0.5) is 0 Å². The molecular formula is C33H34O2. The molecule has 0 saturated heterocycles. The van der Waals surface area contributed by atoms with Gasteiger partial charge in [-0.2, -0.15) is 0 Å². The van der Waals surface area contributed by atoms with E-state index in [0.29, 0.717) is 0 Å². The number of phenols is 2. The Hall–Kier alpha value is -3.52. The highest BCUT2D eigenvalue weighted by molar-refractivity contribution is 5.77. The maximum atomic E-state index is 10.5. The van der Waals surface area contributed by atoms with E-state index in [2.05, 4.69) is 76.2 Å². The van der Waals surface area contributed by atoms with Crippen LogP contribution >= 0.6 is 0 Å². The average molecular weight is 463 g/mol. The van der Waals surface area contributed by atoms with Gasteiger partial charge in [0, 0.05) is 5.41 Å². The van der Waals surface area contributed by atoms with Gasteiger partial charge in [0.05, 0.1) is 0 Å². The van der Waals surface area contributed by atoms with Crippen molar-refractivity contribution < 1.29 is 10.2 Å². The summed E-state index contributed by atoms with van der Waals surface area (Å²) in [6, 6.07) is 25.0. The first-order chi connectivity index (χ1) is 16.7. The fourth-order valence-electron chi connectivity index (χ4n) is 6.30. The summed E-state index contributed by atoms with van der Waals surface area (Å²) in [6.45, 7) is 8.51. The zero-order valence-electron chi connectivity index (χ0n) is 21.2. The van der Waals surface area contributed by atoms with Crippen molar-refractivity contribution in [3.8, 4) is 33.8 Å². The van der Waals surface area contributed by atoms with Crippen LogP contribution in [0.2, 0.25) is 0 Å². The summed E-state index contributed by atoms with van der Waals surface area (Å²) in [7, 11) is 0. The Bertz CT molecular complexity index is 1260. The number of phenolic OH excluding ortho intramolecular Hbond substituents is 2. The quantitative estimate of drug-likeness (QED) is 0.319. The second kappa shape index (κ2) is 8.92. The molecule has 1 fully saturated rings. The molecule has 2 N–H and O–H groups in total. The largest absolute Gasteiger partial charge is 0.508 e. The lowest BCUT2D eigenvalue weighted by molar-refractivity contribution is 0.472. The van der Waals surface area contributed by atoms with Crippen LogP contribution < -0.4 is 0 Å². The van der Waals surface area contributed by atoms with Crippen molar-refractivity contribution in [2.24, 2.45) is 0 Å². The maximum absolute atomic E-state index is 10.5. The summed E-state index contributed by atoms with van der Waals surface area (Å²) in [4.78, 5) is 0. The second-order valence-corrected chi connectivity index (χ2v) is 10.5. The monoisotopic (exact) mass is 462 g/mol. The predicted octanol–water partition coefficient (Wildman–Crippen LogP) is 8.53. The third kappa shape index (κ3) is 4.34. The lowest BCUT2D eigenvalue weighted by atomic mass is 9.68. The van der Waals surface area contributed by atoms with Gasteiger partial charge in [-0.1, -0.05) is 83.6 Å². The zero-order valence-corrected chi connectivity index (χ0v) is 21.2. The van der Waals surface area contributed by atoms with Gasteiger partial charge in [0.25, 0.3) is 0 Å². The van der Waals surface area contributed by atoms with Crippen LogP contribution in [0.15, 0.2) is 72.8 Å². The van der Waals surface area contributed by atoms with Crippen LogP contribution in [0.3, 0.4) is 0 Å². The minimum Gasteiger partial charge on any atom is -0.508 e. The van der Waals surface area contributed by atoms with E-state index in [4.69, 9.17) is 0 Å². The molecule has 0 unspecified atom stereocenters. The normalized spacial score (nSPS) is 14.9. The SMILES string of the molecule is Cc1cc(C)cc(-c2cc(O)ccc2C2(c3ccc(O)cc3-c3cc(C)cc(C)c3)CCCC2)c1.